The Morgan fingerprint density at radius 2 is 2.04 bits per heavy atom. The van der Waals surface area contributed by atoms with Crippen molar-refractivity contribution in [3.63, 3.8) is 0 Å². The number of rotatable bonds is 5. The first-order chi connectivity index (χ1) is 13.7. The van der Waals surface area contributed by atoms with Gasteiger partial charge in [-0.25, -0.2) is 0 Å². The molecule has 144 valence electrons. The average molecular weight is 376 g/mol. The lowest BCUT2D eigenvalue weighted by Gasteiger charge is -2.27. The van der Waals surface area contributed by atoms with Gasteiger partial charge in [0.25, 0.3) is 0 Å². The molecule has 28 heavy (non-hydrogen) atoms. The van der Waals surface area contributed by atoms with Crippen LogP contribution in [-0.2, 0) is 37.8 Å². The number of hydrogen-bond acceptors (Lipinski definition) is 4. The highest BCUT2D eigenvalue weighted by Gasteiger charge is 2.30. The minimum Gasteiger partial charge on any atom is -0.338 e. The maximum Gasteiger partial charge on any atom is 0.227 e. The van der Waals surface area contributed by atoms with Crippen LogP contribution < -0.4 is 0 Å². The molecule has 5 rings (SSSR count). The molecule has 0 spiro atoms. The summed E-state index contributed by atoms with van der Waals surface area (Å²) < 4.78 is 4.06. The third-order valence-electron chi connectivity index (χ3n) is 5.77. The Hall–Kier alpha value is -2.96. The number of nitrogens with zero attached hydrogens (tertiary/aromatic N) is 6. The van der Waals surface area contributed by atoms with Gasteiger partial charge in [-0.2, -0.15) is 5.10 Å². The molecule has 0 bridgehead atoms. The summed E-state index contributed by atoms with van der Waals surface area (Å²) >= 11 is 0. The van der Waals surface area contributed by atoms with Crippen molar-refractivity contribution >= 4 is 5.91 Å². The standard InChI is InChI=1S/C21H24N6O/c1-25-18-9-10-26(19(28)11-15-5-3-2-4-6-15)13-17(18)20(24-25)21-23-22-14-27(21)12-16-7-8-16/h2-6,14,16H,7-13H2,1H3. The zero-order chi connectivity index (χ0) is 19.1. The van der Waals surface area contributed by atoms with E-state index in [-0.39, 0.29) is 5.91 Å². The van der Waals surface area contributed by atoms with E-state index < -0.39 is 0 Å². The Labute approximate surface area is 164 Å². The fourth-order valence-corrected chi connectivity index (χ4v) is 4.02. The summed E-state index contributed by atoms with van der Waals surface area (Å²) in [5, 5.41) is 13.2. The number of carbonyl (C=O) groups is 1. The lowest BCUT2D eigenvalue weighted by atomic mass is 10.0. The third-order valence-corrected chi connectivity index (χ3v) is 5.77. The number of benzene rings is 1. The summed E-state index contributed by atoms with van der Waals surface area (Å²) in [5.74, 6) is 1.71. The van der Waals surface area contributed by atoms with E-state index in [1.165, 1.54) is 18.5 Å². The van der Waals surface area contributed by atoms with Gasteiger partial charge in [-0.3, -0.25) is 9.48 Å². The molecule has 0 N–H and O–H groups in total. The van der Waals surface area contributed by atoms with Gasteiger partial charge < -0.3 is 9.47 Å². The van der Waals surface area contributed by atoms with E-state index >= 15 is 0 Å². The van der Waals surface area contributed by atoms with E-state index in [2.05, 4.69) is 14.8 Å². The number of aromatic nitrogens is 5. The van der Waals surface area contributed by atoms with Gasteiger partial charge in [0.2, 0.25) is 5.91 Å². The first-order valence-corrected chi connectivity index (χ1v) is 9.93. The quantitative estimate of drug-likeness (QED) is 0.685. The van der Waals surface area contributed by atoms with Crippen molar-refractivity contribution in [1.29, 1.82) is 0 Å². The molecular weight excluding hydrogens is 352 g/mol. The number of hydrogen-bond donors (Lipinski definition) is 0. The number of amides is 1. The summed E-state index contributed by atoms with van der Waals surface area (Å²) in [6, 6.07) is 9.93. The van der Waals surface area contributed by atoms with E-state index in [4.69, 9.17) is 5.10 Å². The van der Waals surface area contributed by atoms with Crippen LogP contribution >= 0.6 is 0 Å². The molecule has 2 aliphatic rings. The molecule has 1 aromatic carbocycles. The number of carbonyl (C=O) groups excluding carboxylic acids is 1. The zero-order valence-electron chi connectivity index (χ0n) is 16.1. The molecule has 1 saturated carbocycles. The molecule has 0 radical (unpaired) electrons. The van der Waals surface area contributed by atoms with Crippen LogP contribution in [0.4, 0.5) is 0 Å². The average Bonchev–Trinajstić information content (AvgIpc) is 3.31. The fraction of sp³-hybridized carbons (Fsp3) is 0.429. The van der Waals surface area contributed by atoms with E-state index in [9.17, 15) is 4.79 Å². The van der Waals surface area contributed by atoms with E-state index in [1.807, 2.05) is 47.0 Å². The second-order valence-corrected chi connectivity index (χ2v) is 7.88. The lowest BCUT2D eigenvalue weighted by molar-refractivity contribution is -0.131. The Morgan fingerprint density at radius 1 is 1.21 bits per heavy atom. The highest BCUT2D eigenvalue weighted by atomic mass is 16.2. The summed E-state index contributed by atoms with van der Waals surface area (Å²) in [6.07, 6.45) is 5.61. The smallest absolute Gasteiger partial charge is 0.227 e. The van der Waals surface area contributed by atoms with E-state index in [0.717, 1.165) is 48.1 Å². The van der Waals surface area contributed by atoms with Crippen LogP contribution in [0.25, 0.3) is 11.5 Å². The molecule has 0 unspecified atom stereocenters. The van der Waals surface area contributed by atoms with Crippen molar-refractivity contribution in [2.45, 2.75) is 38.8 Å². The second kappa shape index (κ2) is 6.89. The number of aryl methyl sites for hydroxylation is 1. The van der Waals surface area contributed by atoms with Crippen LogP contribution in [0.5, 0.6) is 0 Å². The van der Waals surface area contributed by atoms with Crippen LogP contribution in [0.1, 0.15) is 29.7 Å². The van der Waals surface area contributed by atoms with Gasteiger partial charge in [0.05, 0.1) is 6.42 Å². The second-order valence-electron chi connectivity index (χ2n) is 7.88. The largest absolute Gasteiger partial charge is 0.338 e. The van der Waals surface area contributed by atoms with E-state index in [0.29, 0.717) is 13.0 Å². The predicted octanol–water partition coefficient (Wildman–Crippen LogP) is 2.22. The Bertz CT molecular complexity index is 1000. The zero-order valence-corrected chi connectivity index (χ0v) is 16.1. The highest BCUT2D eigenvalue weighted by Crippen LogP contribution is 2.33. The van der Waals surface area contributed by atoms with Crippen molar-refractivity contribution in [1.82, 2.24) is 29.4 Å². The summed E-state index contributed by atoms with van der Waals surface area (Å²) in [5.41, 5.74) is 4.22. The number of fused-ring (bicyclic) bond motifs is 1. The van der Waals surface area contributed by atoms with E-state index in [1.54, 1.807) is 6.33 Å². The third kappa shape index (κ3) is 3.21. The molecular formula is C21H24N6O. The highest BCUT2D eigenvalue weighted by molar-refractivity contribution is 5.79. The Balaban J connectivity index is 1.41. The molecule has 3 heterocycles. The van der Waals surface area contributed by atoms with Gasteiger partial charge in [-0.1, -0.05) is 30.3 Å². The van der Waals surface area contributed by atoms with Crippen molar-refractivity contribution in [2.75, 3.05) is 6.54 Å². The first kappa shape index (κ1) is 17.2. The van der Waals surface area contributed by atoms with Gasteiger partial charge in [-0.15, -0.1) is 10.2 Å². The molecule has 0 saturated heterocycles. The maximum atomic E-state index is 12.9. The molecule has 1 fully saturated rings. The molecule has 3 aromatic rings. The normalized spacial score (nSPS) is 16.2. The van der Waals surface area contributed by atoms with Crippen LogP contribution in [-0.4, -0.2) is 41.9 Å². The molecule has 7 nitrogen and oxygen atoms in total. The molecule has 0 atom stereocenters. The van der Waals surface area contributed by atoms with Crippen LogP contribution in [0.15, 0.2) is 36.7 Å². The summed E-state index contributed by atoms with van der Waals surface area (Å²) in [4.78, 5) is 14.8. The molecule has 1 amide bonds. The molecule has 1 aliphatic carbocycles. The van der Waals surface area contributed by atoms with Crippen LogP contribution in [0.2, 0.25) is 0 Å². The Morgan fingerprint density at radius 3 is 2.82 bits per heavy atom. The maximum absolute atomic E-state index is 12.9. The van der Waals surface area contributed by atoms with Crippen molar-refractivity contribution < 1.29 is 4.79 Å². The van der Waals surface area contributed by atoms with Crippen LogP contribution in [0.3, 0.4) is 0 Å². The topological polar surface area (TPSA) is 68.8 Å². The fourth-order valence-electron chi connectivity index (χ4n) is 4.02. The SMILES string of the molecule is Cn1nc(-c2nncn2CC2CC2)c2c1CCN(C(=O)Cc1ccccc1)C2. The van der Waals surface area contributed by atoms with Crippen molar-refractivity contribution in [2.24, 2.45) is 13.0 Å². The van der Waals surface area contributed by atoms with Crippen LogP contribution in [0, 0.1) is 5.92 Å². The van der Waals surface area contributed by atoms with Gasteiger partial charge in [-0.05, 0) is 24.3 Å². The van der Waals surface area contributed by atoms with Gasteiger partial charge in [0, 0.05) is 44.4 Å². The minimum absolute atomic E-state index is 0.158. The predicted molar refractivity (Wildman–Crippen MR) is 104 cm³/mol. The van der Waals surface area contributed by atoms with Gasteiger partial charge in [0.15, 0.2) is 5.82 Å². The van der Waals surface area contributed by atoms with Gasteiger partial charge >= 0.3 is 0 Å². The summed E-state index contributed by atoms with van der Waals surface area (Å²) in [6.45, 7) is 2.26. The Kier molecular flexibility index (Phi) is 4.22. The van der Waals surface area contributed by atoms with Crippen molar-refractivity contribution in [3.8, 4) is 11.5 Å². The van der Waals surface area contributed by atoms with Gasteiger partial charge in [0.1, 0.15) is 12.0 Å². The molecule has 2 aromatic heterocycles. The first-order valence-electron chi connectivity index (χ1n) is 9.93. The monoisotopic (exact) mass is 376 g/mol. The minimum atomic E-state index is 0.158. The molecule has 7 heteroatoms. The summed E-state index contributed by atoms with van der Waals surface area (Å²) in [7, 11) is 1.98. The lowest BCUT2D eigenvalue weighted by Crippen LogP contribution is -2.37. The molecule has 1 aliphatic heterocycles. The van der Waals surface area contributed by atoms with Crippen molar-refractivity contribution in [3.05, 3.63) is 53.5 Å².